The smallest absolute Gasteiger partial charge is 0.277 e. The minimum atomic E-state index is -0.373. The Bertz CT molecular complexity index is 483. The second kappa shape index (κ2) is 5.62. The Labute approximate surface area is 106 Å². The maximum atomic E-state index is 10.8. The summed E-state index contributed by atoms with van der Waals surface area (Å²) < 4.78 is 0. The molecule has 0 saturated heterocycles. The average molecular weight is 247 g/mol. The van der Waals surface area contributed by atoms with Gasteiger partial charge in [-0.1, -0.05) is 11.6 Å². The first-order chi connectivity index (χ1) is 8.66. The monoisotopic (exact) mass is 247 g/mol. The summed E-state index contributed by atoms with van der Waals surface area (Å²) in [6.07, 6.45) is 8.43. The average Bonchev–Trinajstić information content (AvgIpc) is 2.84. The van der Waals surface area contributed by atoms with Crippen molar-refractivity contribution in [3.05, 3.63) is 39.6 Å². The van der Waals surface area contributed by atoms with E-state index in [9.17, 15) is 10.1 Å². The van der Waals surface area contributed by atoms with E-state index in [0.29, 0.717) is 11.4 Å². The lowest BCUT2D eigenvalue weighted by Gasteiger charge is -2.06. The maximum absolute atomic E-state index is 10.8. The largest absolute Gasteiger partial charge is 0.370 e. The first-order valence-corrected chi connectivity index (χ1v) is 6.19. The molecule has 1 N–H and O–H groups in total. The van der Waals surface area contributed by atoms with Gasteiger partial charge in [-0.25, -0.2) is 4.98 Å². The number of nitro groups is 1. The molecule has 96 valence electrons. The third-order valence-corrected chi connectivity index (χ3v) is 3.16. The van der Waals surface area contributed by atoms with Gasteiger partial charge in [-0.3, -0.25) is 10.1 Å². The molecule has 1 aliphatic carbocycles. The van der Waals surface area contributed by atoms with E-state index in [1.807, 2.05) is 0 Å². The van der Waals surface area contributed by atoms with E-state index < -0.39 is 0 Å². The summed E-state index contributed by atoms with van der Waals surface area (Å²) in [5.74, 6) is 0.575. The van der Waals surface area contributed by atoms with E-state index in [1.165, 1.54) is 37.1 Å². The van der Waals surface area contributed by atoms with Gasteiger partial charge in [-0.05, 0) is 32.6 Å². The highest BCUT2D eigenvalue weighted by Crippen LogP contribution is 2.22. The number of aromatic nitrogens is 1. The molecule has 0 amide bonds. The van der Waals surface area contributed by atoms with E-state index in [1.54, 1.807) is 6.92 Å². The van der Waals surface area contributed by atoms with Crippen LogP contribution in [0.25, 0.3) is 0 Å². The summed E-state index contributed by atoms with van der Waals surface area (Å²) in [6.45, 7) is 2.47. The number of pyridine rings is 1. The Morgan fingerprint density at radius 3 is 3.06 bits per heavy atom. The number of anilines is 1. The van der Waals surface area contributed by atoms with Gasteiger partial charge in [0.15, 0.2) is 0 Å². The molecule has 0 spiro atoms. The number of nitrogens with one attached hydrogen (secondary N) is 1. The molecule has 1 heterocycles. The summed E-state index contributed by atoms with van der Waals surface area (Å²) in [4.78, 5) is 14.6. The fourth-order valence-electron chi connectivity index (χ4n) is 2.12. The van der Waals surface area contributed by atoms with Gasteiger partial charge in [-0.15, -0.1) is 0 Å². The zero-order valence-electron chi connectivity index (χ0n) is 10.5. The Morgan fingerprint density at radius 1 is 1.56 bits per heavy atom. The first kappa shape index (κ1) is 12.5. The quantitative estimate of drug-likeness (QED) is 0.493. The number of allylic oxidation sites excluding steroid dienone is 1. The molecular formula is C13H17N3O2. The highest BCUT2D eigenvalue weighted by Gasteiger charge is 2.12. The van der Waals surface area contributed by atoms with Gasteiger partial charge >= 0.3 is 0 Å². The lowest BCUT2D eigenvalue weighted by molar-refractivity contribution is -0.385. The van der Waals surface area contributed by atoms with Crippen LogP contribution in [-0.4, -0.2) is 16.5 Å². The Morgan fingerprint density at radius 2 is 2.39 bits per heavy atom. The summed E-state index contributed by atoms with van der Waals surface area (Å²) >= 11 is 0. The molecule has 0 aliphatic heterocycles. The number of rotatable bonds is 5. The van der Waals surface area contributed by atoms with E-state index in [2.05, 4.69) is 16.4 Å². The molecule has 5 nitrogen and oxygen atoms in total. The van der Waals surface area contributed by atoms with Crippen LogP contribution in [0.3, 0.4) is 0 Å². The predicted octanol–water partition coefficient (Wildman–Crippen LogP) is 3.21. The second-order valence-electron chi connectivity index (χ2n) is 4.54. The van der Waals surface area contributed by atoms with Crippen molar-refractivity contribution in [2.45, 2.75) is 32.6 Å². The minimum absolute atomic E-state index is 0.118. The van der Waals surface area contributed by atoms with E-state index in [-0.39, 0.29) is 10.6 Å². The fraction of sp³-hybridized carbons (Fsp3) is 0.462. The van der Waals surface area contributed by atoms with Crippen LogP contribution in [0.5, 0.6) is 0 Å². The number of aryl methyl sites for hydroxylation is 1. The van der Waals surface area contributed by atoms with Crippen molar-refractivity contribution in [1.29, 1.82) is 0 Å². The van der Waals surface area contributed by atoms with Crippen LogP contribution in [0.15, 0.2) is 23.9 Å². The molecule has 0 radical (unpaired) electrons. The number of hydrogen-bond donors (Lipinski definition) is 1. The first-order valence-electron chi connectivity index (χ1n) is 6.19. The number of hydrogen-bond acceptors (Lipinski definition) is 4. The molecule has 2 rings (SSSR count). The van der Waals surface area contributed by atoms with Gasteiger partial charge in [0.05, 0.1) is 11.0 Å². The molecule has 0 unspecified atom stereocenters. The van der Waals surface area contributed by atoms with Crippen LogP contribution in [0, 0.1) is 17.0 Å². The van der Waals surface area contributed by atoms with Crippen molar-refractivity contribution in [3.63, 3.8) is 0 Å². The molecule has 5 heteroatoms. The van der Waals surface area contributed by atoms with Crippen molar-refractivity contribution in [1.82, 2.24) is 4.98 Å². The molecule has 0 aromatic carbocycles. The minimum Gasteiger partial charge on any atom is -0.370 e. The van der Waals surface area contributed by atoms with Crippen molar-refractivity contribution >= 4 is 11.5 Å². The second-order valence-corrected chi connectivity index (χ2v) is 4.54. The van der Waals surface area contributed by atoms with Crippen LogP contribution >= 0.6 is 0 Å². The summed E-state index contributed by atoms with van der Waals surface area (Å²) in [5.41, 5.74) is 2.18. The molecule has 1 aliphatic rings. The van der Waals surface area contributed by atoms with Crippen LogP contribution in [0.2, 0.25) is 0 Å². The maximum Gasteiger partial charge on any atom is 0.277 e. The standard InChI is InChI=1S/C13H17N3O2/c1-10-9-15-13(8-12(10)16(17)18)14-7-6-11-4-2-3-5-11/h4,8-9H,2-3,5-7H2,1H3,(H,14,15). The van der Waals surface area contributed by atoms with Gasteiger partial charge in [0, 0.05) is 18.3 Å². The predicted molar refractivity (Wildman–Crippen MR) is 70.7 cm³/mol. The highest BCUT2D eigenvalue weighted by atomic mass is 16.6. The van der Waals surface area contributed by atoms with Crippen LogP contribution in [0.1, 0.15) is 31.2 Å². The summed E-state index contributed by atoms with van der Waals surface area (Å²) in [6, 6.07) is 1.50. The highest BCUT2D eigenvalue weighted by molar-refractivity contribution is 5.48. The Kier molecular flexibility index (Phi) is 3.92. The normalized spacial score (nSPS) is 14.4. The molecule has 1 aromatic rings. The van der Waals surface area contributed by atoms with Crippen molar-refractivity contribution < 1.29 is 4.92 Å². The van der Waals surface area contributed by atoms with Gasteiger partial charge in [0.2, 0.25) is 0 Å². The SMILES string of the molecule is Cc1cnc(NCCC2=CCCC2)cc1[N+](=O)[O-]. The molecule has 1 aromatic heterocycles. The van der Waals surface area contributed by atoms with Crippen LogP contribution in [-0.2, 0) is 0 Å². The topological polar surface area (TPSA) is 68.1 Å². The number of nitrogens with zero attached hydrogens (tertiary/aromatic N) is 2. The van der Waals surface area contributed by atoms with Gasteiger partial charge < -0.3 is 5.32 Å². The van der Waals surface area contributed by atoms with E-state index in [4.69, 9.17) is 0 Å². The van der Waals surface area contributed by atoms with Gasteiger partial charge in [-0.2, -0.15) is 0 Å². The lowest BCUT2D eigenvalue weighted by atomic mass is 10.2. The fourth-order valence-corrected chi connectivity index (χ4v) is 2.12. The molecule has 0 saturated carbocycles. The third-order valence-electron chi connectivity index (χ3n) is 3.16. The van der Waals surface area contributed by atoms with Gasteiger partial charge in [0.25, 0.3) is 5.69 Å². The van der Waals surface area contributed by atoms with Crippen molar-refractivity contribution in [3.8, 4) is 0 Å². The van der Waals surface area contributed by atoms with Gasteiger partial charge in [0.1, 0.15) is 5.82 Å². The van der Waals surface area contributed by atoms with Crippen LogP contribution < -0.4 is 5.32 Å². The van der Waals surface area contributed by atoms with Crippen molar-refractivity contribution in [2.24, 2.45) is 0 Å². The Balaban J connectivity index is 1.93. The molecule has 0 bridgehead atoms. The van der Waals surface area contributed by atoms with E-state index in [0.717, 1.165) is 13.0 Å². The molecule has 0 atom stereocenters. The molecule has 18 heavy (non-hydrogen) atoms. The van der Waals surface area contributed by atoms with Crippen LogP contribution in [0.4, 0.5) is 11.5 Å². The van der Waals surface area contributed by atoms with Crippen molar-refractivity contribution in [2.75, 3.05) is 11.9 Å². The zero-order chi connectivity index (χ0) is 13.0. The molecular weight excluding hydrogens is 230 g/mol. The summed E-state index contributed by atoms with van der Waals surface area (Å²) in [5, 5.41) is 13.9. The molecule has 0 fully saturated rings. The third kappa shape index (κ3) is 3.06. The Hall–Kier alpha value is -1.91. The van der Waals surface area contributed by atoms with E-state index >= 15 is 0 Å². The summed E-state index contributed by atoms with van der Waals surface area (Å²) in [7, 11) is 0. The lowest BCUT2D eigenvalue weighted by Crippen LogP contribution is -2.05. The zero-order valence-corrected chi connectivity index (χ0v) is 10.5.